The first-order valence-corrected chi connectivity index (χ1v) is 14.9. The van der Waals surface area contributed by atoms with E-state index < -0.39 is 34.9 Å². The molecule has 0 bridgehead atoms. The van der Waals surface area contributed by atoms with Gasteiger partial charge in [-0.05, 0) is 94.0 Å². The summed E-state index contributed by atoms with van der Waals surface area (Å²) in [7, 11) is 0. The van der Waals surface area contributed by atoms with E-state index in [2.05, 4.69) is 13.8 Å². The maximum Gasteiger partial charge on any atom is 0.194 e. The van der Waals surface area contributed by atoms with Crippen molar-refractivity contribution < 1.29 is 47.8 Å². The SMILES string of the molecule is CC[N+]1(CC)Cc2c(-c3cc(F)c(F)c(F)c3)cc3ccccc3c2-c2c(c(-c3cc(F)c(F)c(F)c3)cc3ccccc23)C1.[Br-]. The van der Waals surface area contributed by atoms with E-state index in [1.54, 1.807) is 0 Å². The second-order valence-corrected chi connectivity index (χ2v) is 11.8. The highest BCUT2D eigenvalue weighted by molar-refractivity contribution is 6.11. The van der Waals surface area contributed by atoms with Crippen LogP contribution >= 0.6 is 0 Å². The van der Waals surface area contributed by atoms with Crippen LogP contribution in [0.3, 0.4) is 0 Å². The van der Waals surface area contributed by atoms with Crippen LogP contribution in [0.1, 0.15) is 25.0 Å². The van der Waals surface area contributed by atoms with Gasteiger partial charge in [-0.2, -0.15) is 0 Å². The molecule has 0 saturated heterocycles. The summed E-state index contributed by atoms with van der Waals surface area (Å²) >= 11 is 0. The fourth-order valence-corrected chi connectivity index (χ4v) is 7.02. The van der Waals surface area contributed by atoms with Crippen LogP contribution in [-0.4, -0.2) is 17.6 Å². The number of rotatable bonds is 4. The van der Waals surface area contributed by atoms with E-state index in [4.69, 9.17) is 0 Å². The molecule has 0 aliphatic carbocycles. The molecule has 6 aromatic carbocycles. The van der Waals surface area contributed by atoms with Crippen molar-refractivity contribution >= 4 is 21.5 Å². The number of nitrogens with zero attached hydrogens (tertiary/aromatic N) is 1. The average molecular weight is 693 g/mol. The molecule has 1 heterocycles. The lowest BCUT2D eigenvalue weighted by atomic mass is 9.82. The van der Waals surface area contributed by atoms with Crippen LogP contribution in [0.15, 0.2) is 84.9 Å². The van der Waals surface area contributed by atoms with Gasteiger partial charge in [0.25, 0.3) is 0 Å². The summed E-state index contributed by atoms with van der Waals surface area (Å²) in [6.45, 7) is 6.40. The highest BCUT2D eigenvalue weighted by Crippen LogP contribution is 2.50. The number of quaternary nitrogens is 1. The zero-order valence-electron chi connectivity index (χ0n) is 25.0. The van der Waals surface area contributed by atoms with Gasteiger partial charge in [-0.3, -0.25) is 0 Å². The minimum Gasteiger partial charge on any atom is -1.00 e. The normalized spacial score (nSPS) is 13.7. The molecule has 0 spiro atoms. The largest absolute Gasteiger partial charge is 1.00 e. The minimum absolute atomic E-state index is 0. The van der Waals surface area contributed by atoms with Crippen molar-refractivity contribution in [2.24, 2.45) is 0 Å². The van der Waals surface area contributed by atoms with Gasteiger partial charge in [-0.25, -0.2) is 26.3 Å². The molecular weight excluding hydrogens is 664 g/mol. The first kappa shape index (κ1) is 31.8. The number of hydrogen-bond donors (Lipinski definition) is 0. The Balaban J connectivity index is 0.00000372. The maximum absolute atomic E-state index is 14.7. The van der Waals surface area contributed by atoms with Gasteiger partial charge >= 0.3 is 0 Å². The summed E-state index contributed by atoms with van der Waals surface area (Å²) in [5.41, 5.74) is 4.92. The predicted molar refractivity (Wildman–Crippen MR) is 166 cm³/mol. The molecule has 8 heteroatoms. The molecule has 46 heavy (non-hydrogen) atoms. The Labute approximate surface area is 273 Å². The minimum atomic E-state index is -1.53. The average Bonchev–Trinajstić information content (AvgIpc) is 3.20. The van der Waals surface area contributed by atoms with Crippen molar-refractivity contribution in [3.63, 3.8) is 0 Å². The Morgan fingerprint density at radius 1 is 0.522 bits per heavy atom. The monoisotopic (exact) mass is 691 g/mol. The second-order valence-electron chi connectivity index (χ2n) is 11.8. The van der Waals surface area contributed by atoms with Crippen molar-refractivity contribution in [1.82, 2.24) is 0 Å². The third-order valence-electron chi connectivity index (χ3n) is 9.48. The lowest BCUT2D eigenvalue weighted by molar-refractivity contribution is -0.950. The highest BCUT2D eigenvalue weighted by atomic mass is 79.9. The molecular formula is C38H28BrF6N. The van der Waals surface area contributed by atoms with Gasteiger partial charge in [0, 0.05) is 22.3 Å². The van der Waals surface area contributed by atoms with Gasteiger partial charge in [0.05, 0.1) is 13.1 Å². The topological polar surface area (TPSA) is 0 Å². The lowest BCUT2D eigenvalue weighted by Crippen LogP contribution is -3.00. The van der Waals surface area contributed by atoms with Crippen LogP contribution in [-0.2, 0) is 13.1 Å². The first-order chi connectivity index (χ1) is 21.6. The maximum atomic E-state index is 14.7. The summed E-state index contributed by atoms with van der Waals surface area (Å²) in [5.74, 6) is -8.17. The van der Waals surface area contributed by atoms with Crippen LogP contribution in [0.4, 0.5) is 26.3 Å². The zero-order valence-corrected chi connectivity index (χ0v) is 26.6. The van der Waals surface area contributed by atoms with E-state index in [9.17, 15) is 26.3 Å². The van der Waals surface area contributed by atoms with Crippen LogP contribution in [0.25, 0.3) is 54.9 Å². The van der Waals surface area contributed by atoms with E-state index in [1.165, 1.54) is 0 Å². The number of benzene rings is 6. The fraction of sp³-hybridized carbons (Fsp3) is 0.158. The zero-order chi connectivity index (χ0) is 31.6. The Morgan fingerprint density at radius 2 is 0.870 bits per heavy atom. The van der Waals surface area contributed by atoms with Crippen molar-refractivity contribution in [2.75, 3.05) is 13.1 Å². The molecule has 234 valence electrons. The van der Waals surface area contributed by atoms with Gasteiger partial charge in [-0.1, -0.05) is 48.5 Å². The van der Waals surface area contributed by atoms with Gasteiger partial charge < -0.3 is 21.5 Å². The van der Waals surface area contributed by atoms with Gasteiger partial charge in [0.1, 0.15) is 13.1 Å². The Hall–Kier alpha value is -4.14. The standard InChI is InChI=1S/C38H28F6N.BrH/c1-3-45(4-2)19-29-27(23-15-31(39)37(43)32(40)16-23)13-21-9-5-7-11-25(21)35(29)36-26-12-8-6-10-22(26)14-28(30(36)20-45)24-17-33(41)38(44)34(42)18-24;/h5-18H,3-4,19-20H2,1-2H3;1H/q+1;/p-1. The van der Waals surface area contributed by atoms with Gasteiger partial charge in [0.2, 0.25) is 0 Å². The molecule has 6 aromatic rings. The van der Waals surface area contributed by atoms with E-state index in [-0.39, 0.29) is 28.1 Å². The molecule has 0 unspecified atom stereocenters. The number of hydrogen-bond acceptors (Lipinski definition) is 0. The molecule has 0 aromatic heterocycles. The van der Waals surface area contributed by atoms with Crippen LogP contribution in [0.5, 0.6) is 0 Å². The molecule has 1 aliphatic heterocycles. The molecule has 1 aliphatic rings. The van der Waals surface area contributed by atoms with Crippen molar-refractivity contribution in [3.05, 3.63) is 131 Å². The van der Waals surface area contributed by atoms with Crippen molar-refractivity contribution in [3.8, 4) is 33.4 Å². The van der Waals surface area contributed by atoms with Crippen LogP contribution in [0, 0.1) is 34.9 Å². The Kier molecular flexibility index (Phi) is 8.23. The van der Waals surface area contributed by atoms with Crippen molar-refractivity contribution in [2.45, 2.75) is 26.9 Å². The van der Waals surface area contributed by atoms with E-state index in [0.29, 0.717) is 41.8 Å². The molecule has 0 atom stereocenters. The number of halogens is 7. The smallest absolute Gasteiger partial charge is 0.194 e. The molecule has 1 nitrogen and oxygen atoms in total. The molecule has 0 radical (unpaired) electrons. The van der Waals surface area contributed by atoms with Crippen LogP contribution in [0.2, 0.25) is 0 Å². The summed E-state index contributed by atoms with van der Waals surface area (Å²) in [4.78, 5) is 0. The number of fused-ring (bicyclic) bond motifs is 7. The highest BCUT2D eigenvalue weighted by Gasteiger charge is 2.36. The molecule has 0 amide bonds. The molecule has 0 fully saturated rings. The molecule has 7 rings (SSSR count). The quantitative estimate of drug-likeness (QED) is 0.101. The van der Waals surface area contributed by atoms with E-state index in [0.717, 1.165) is 68.1 Å². The van der Waals surface area contributed by atoms with Gasteiger partial charge in [-0.15, -0.1) is 0 Å². The summed E-state index contributed by atoms with van der Waals surface area (Å²) in [6.07, 6.45) is 0. The second kappa shape index (κ2) is 11.9. The van der Waals surface area contributed by atoms with E-state index >= 15 is 0 Å². The summed E-state index contributed by atoms with van der Waals surface area (Å²) in [5, 5.41) is 3.41. The lowest BCUT2D eigenvalue weighted by Gasteiger charge is -2.37. The molecule has 0 saturated carbocycles. The molecule has 0 N–H and O–H groups in total. The fourth-order valence-electron chi connectivity index (χ4n) is 7.02. The van der Waals surface area contributed by atoms with Gasteiger partial charge in [0.15, 0.2) is 34.9 Å². The predicted octanol–water partition coefficient (Wildman–Crippen LogP) is 7.70. The third kappa shape index (κ3) is 4.99. The van der Waals surface area contributed by atoms with Crippen molar-refractivity contribution in [1.29, 1.82) is 0 Å². The third-order valence-corrected chi connectivity index (χ3v) is 9.48. The Morgan fingerprint density at radius 3 is 1.22 bits per heavy atom. The van der Waals surface area contributed by atoms with Crippen LogP contribution < -0.4 is 17.0 Å². The summed E-state index contributed by atoms with van der Waals surface area (Å²) < 4.78 is 87.6. The Bertz CT molecular complexity index is 1980. The van der Waals surface area contributed by atoms with E-state index in [1.807, 2.05) is 60.7 Å². The summed E-state index contributed by atoms with van der Waals surface area (Å²) in [6, 6.07) is 23.3. The first-order valence-electron chi connectivity index (χ1n) is 14.9.